The Morgan fingerprint density at radius 3 is 2.74 bits per heavy atom. The average Bonchev–Trinajstić information content (AvgIpc) is 3.24. The highest BCUT2D eigenvalue weighted by atomic mass is 32.1. The molecule has 1 aromatic carbocycles. The van der Waals surface area contributed by atoms with Crippen LogP contribution in [0.3, 0.4) is 0 Å². The molecule has 0 spiro atoms. The van der Waals surface area contributed by atoms with Gasteiger partial charge in [-0.05, 0) is 25.0 Å². The standard InChI is InChI=1S/C19H19N5O2S/c1-26-16-5-3-2-4-14(16)18-23-22-17(27-18)13-6-10-24(11-7-13)19(25)15-12-20-8-9-21-15/h2-5,8-9,12-13H,6-7,10-11H2,1H3. The second-order valence-electron chi connectivity index (χ2n) is 6.30. The van der Waals surface area contributed by atoms with Crippen molar-refractivity contribution in [2.24, 2.45) is 0 Å². The van der Waals surface area contributed by atoms with Crippen molar-refractivity contribution in [2.75, 3.05) is 20.2 Å². The van der Waals surface area contributed by atoms with Gasteiger partial charge in [-0.1, -0.05) is 23.5 Å². The minimum Gasteiger partial charge on any atom is -0.496 e. The third kappa shape index (κ3) is 3.66. The van der Waals surface area contributed by atoms with E-state index >= 15 is 0 Å². The zero-order valence-electron chi connectivity index (χ0n) is 14.9. The van der Waals surface area contributed by atoms with Gasteiger partial charge in [0.25, 0.3) is 5.91 Å². The predicted molar refractivity (Wildman–Crippen MR) is 102 cm³/mol. The van der Waals surface area contributed by atoms with E-state index in [9.17, 15) is 4.79 Å². The van der Waals surface area contributed by atoms with E-state index in [1.165, 1.54) is 6.20 Å². The lowest BCUT2D eigenvalue weighted by atomic mass is 9.97. The van der Waals surface area contributed by atoms with Gasteiger partial charge < -0.3 is 9.64 Å². The quantitative estimate of drug-likeness (QED) is 0.691. The summed E-state index contributed by atoms with van der Waals surface area (Å²) in [5.74, 6) is 1.05. The lowest BCUT2D eigenvalue weighted by Gasteiger charge is -2.30. The van der Waals surface area contributed by atoms with Crippen molar-refractivity contribution in [3.05, 3.63) is 53.6 Å². The molecule has 0 bridgehead atoms. The molecular weight excluding hydrogens is 362 g/mol. The Balaban J connectivity index is 1.43. The molecule has 1 amide bonds. The van der Waals surface area contributed by atoms with Crippen LogP contribution in [0.1, 0.15) is 34.3 Å². The number of nitrogens with zero attached hydrogens (tertiary/aromatic N) is 5. The summed E-state index contributed by atoms with van der Waals surface area (Å²) in [5, 5.41) is 10.6. The summed E-state index contributed by atoms with van der Waals surface area (Å²) >= 11 is 1.60. The van der Waals surface area contributed by atoms with E-state index in [1.54, 1.807) is 30.8 Å². The number of piperidine rings is 1. The smallest absolute Gasteiger partial charge is 0.274 e. The van der Waals surface area contributed by atoms with Crippen molar-refractivity contribution in [1.82, 2.24) is 25.1 Å². The third-order valence-corrected chi connectivity index (χ3v) is 5.81. The molecule has 2 aromatic heterocycles. The Morgan fingerprint density at radius 1 is 1.19 bits per heavy atom. The molecule has 0 saturated carbocycles. The number of carbonyl (C=O) groups is 1. The van der Waals surface area contributed by atoms with E-state index < -0.39 is 0 Å². The number of likely N-dealkylation sites (tertiary alicyclic amines) is 1. The maximum atomic E-state index is 12.5. The molecule has 7 nitrogen and oxygen atoms in total. The molecule has 8 heteroatoms. The Hall–Kier alpha value is -2.87. The molecule has 3 heterocycles. The number of benzene rings is 1. The summed E-state index contributed by atoms with van der Waals surface area (Å²) in [6.07, 6.45) is 6.36. The Bertz CT molecular complexity index is 923. The van der Waals surface area contributed by atoms with E-state index in [0.717, 1.165) is 34.2 Å². The van der Waals surface area contributed by atoms with Crippen LogP contribution in [0.25, 0.3) is 10.6 Å². The van der Waals surface area contributed by atoms with Crippen LogP contribution in [0.4, 0.5) is 0 Å². The topological polar surface area (TPSA) is 81.1 Å². The largest absolute Gasteiger partial charge is 0.496 e. The molecule has 1 saturated heterocycles. The van der Waals surface area contributed by atoms with Crippen LogP contribution in [-0.4, -0.2) is 51.2 Å². The normalized spacial score (nSPS) is 14.9. The van der Waals surface area contributed by atoms with Gasteiger partial charge in [-0.3, -0.25) is 9.78 Å². The molecular formula is C19H19N5O2S. The van der Waals surface area contributed by atoms with Gasteiger partial charge in [0.2, 0.25) is 0 Å². The van der Waals surface area contributed by atoms with E-state index in [2.05, 4.69) is 20.2 Å². The van der Waals surface area contributed by atoms with Crippen molar-refractivity contribution in [3.63, 3.8) is 0 Å². The Labute approximate surface area is 161 Å². The van der Waals surface area contributed by atoms with E-state index in [1.807, 2.05) is 29.2 Å². The zero-order chi connectivity index (χ0) is 18.6. The van der Waals surface area contributed by atoms with Crippen molar-refractivity contribution in [2.45, 2.75) is 18.8 Å². The number of hydrogen-bond donors (Lipinski definition) is 0. The fourth-order valence-corrected chi connectivity index (χ4v) is 4.27. The molecule has 138 valence electrons. The SMILES string of the molecule is COc1ccccc1-c1nnc(C2CCN(C(=O)c3cnccn3)CC2)s1. The first-order valence-electron chi connectivity index (χ1n) is 8.78. The average molecular weight is 381 g/mol. The molecule has 1 aliphatic rings. The highest BCUT2D eigenvalue weighted by Crippen LogP contribution is 2.36. The van der Waals surface area contributed by atoms with Crippen LogP contribution in [0.5, 0.6) is 5.75 Å². The Kier molecular flexibility index (Phi) is 5.06. The number of hydrogen-bond acceptors (Lipinski definition) is 7. The Morgan fingerprint density at radius 2 is 2.00 bits per heavy atom. The first kappa shape index (κ1) is 17.5. The molecule has 4 rings (SSSR count). The number of para-hydroxylation sites is 1. The number of methoxy groups -OCH3 is 1. The first-order valence-corrected chi connectivity index (χ1v) is 9.60. The second-order valence-corrected chi connectivity index (χ2v) is 7.31. The fourth-order valence-electron chi connectivity index (χ4n) is 3.23. The number of rotatable bonds is 4. The predicted octanol–water partition coefficient (Wildman–Crippen LogP) is 3.02. The summed E-state index contributed by atoms with van der Waals surface area (Å²) in [5.41, 5.74) is 1.35. The maximum absolute atomic E-state index is 12.5. The molecule has 0 N–H and O–H groups in total. The van der Waals surface area contributed by atoms with Crippen molar-refractivity contribution in [3.8, 4) is 16.3 Å². The minimum absolute atomic E-state index is 0.0616. The van der Waals surface area contributed by atoms with Crippen LogP contribution in [0, 0.1) is 0 Å². The summed E-state index contributed by atoms with van der Waals surface area (Å²) in [7, 11) is 1.66. The summed E-state index contributed by atoms with van der Waals surface area (Å²) in [4.78, 5) is 22.4. The van der Waals surface area contributed by atoms with Gasteiger partial charge in [0.1, 0.15) is 16.5 Å². The van der Waals surface area contributed by atoms with Crippen LogP contribution >= 0.6 is 11.3 Å². The van der Waals surface area contributed by atoms with Gasteiger partial charge in [0.15, 0.2) is 5.01 Å². The molecule has 1 fully saturated rings. The molecule has 0 aliphatic carbocycles. The lowest BCUT2D eigenvalue weighted by Crippen LogP contribution is -2.38. The summed E-state index contributed by atoms with van der Waals surface area (Å²) < 4.78 is 5.42. The molecule has 0 unspecified atom stereocenters. The van der Waals surface area contributed by atoms with Crippen molar-refractivity contribution < 1.29 is 9.53 Å². The number of carbonyl (C=O) groups excluding carboxylic acids is 1. The van der Waals surface area contributed by atoms with Gasteiger partial charge >= 0.3 is 0 Å². The van der Waals surface area contributed by atoms with Crippen molar-refractivity contribution >= 4 is 17.2 Å². The minimum atomic E-state index is -0.0616. The summed E-state index contributed by atoms with van der Waals surface area (Å²) in [6, 6.07) is 7.82. The number of amides is 1. The first-order chi connectivity index (χ1) is 13.3. The number of ether oxygens (including phenoxy) is 1. The molecule has 1 aliphatic heterocycles. The number of aromatic nitrogens is 4. The highest BCUT2D eigenvalue weighted by molar-refractivity contribution is 7.14. The van der Waals surface area contributed by atoms with E-state index in [-0.39, 0.29) is 5.91 Å². The molecule has 27 heavy (non-hydrogen) atoms. The van der Waals surface area contributed by atoms with Crippen LogP contribution in [-0.2, 0) is 0 Å². The van der Waals surface area contributed by atoms with Gasteiger partial charge in [-0.2, -0.15) is 0 Å². The monoisotopic (exact) mass is 381 g/mol. The van der Waals surface area contributed by atoms with Crippen molar-refractivity contribution in [1.29, 1.82) is 0 Å². The van der Waals surface area contributed by atoms with Gasteiger partial charge in [-0.15, -0.1) is 10.2 Å². The summed E-state index contributed by atoms with van der Waals surface area (Å²) in [6.45, 7) is 1.37. The van der Waals surface area contributed by atoms with E-state index in [4.69, 9.17) is 4.74 Å². The highest BCUT2D eigenvalue weighted by Gasteiger charge is 2.27. The second kappa shape index (κ2) is 7.79. The van der Waals surface area contributed by atoms with Crippen LogP contribution < -0.4 is 4.74 Å². The molecule has 0 radical (unpaired) electrons. The van der Waals surface area contributed by atoms with E-state index in [0.29, 0.717) is 24.7 Å². The van der Waals surface area contributed by atoms with Gasteiger partial charge in [0, 0.05) is 31.4 Å². The molecule has 3 aromatic rings. The zero-order valence-corrected chi connectivity index (χ0v) is 15.7. The maximum Gasteiger partial charge on any atom is 0.274 e. The lowest BCUT2D eigenvalue weighted by molar-refractivity contribution is 0.0706. The van der Waals surface area contributed by atoms with Gasteiger partial charge in [-0.25, -0.2) is 4.98 Å². The van der Waals surface area contributed by atoms with Crippen LogP contribution in [0.2, 0.25) is 0 Å². The molecule has 0 atom stereocenters. The van der Waals surface area contributed by atoms with Gasteiger partial charge in [0.05, 0.1) is 18.9 Å². The third-order valence-electron chi connectivity index (χ3n) is 4.69. The fraction of sp³-hybridized carbons (Fsp3) is 0.316. The van der Waals surface area contributed by atoms with Crippen LogP contribution in [0.15, 0.2) is 42.9 Å².